The molecule has 4 N–H and O–H groups in total. The molecule has 0 radical (unpaired) electrons. The summed E-state index contributed by atoms with van der Waals surface area (Å²) in [6.45, 7) is 4.60. The predicted molar refractivity (Wildman–Crippen MR) is 136 cm³/mol. The molecular formula is C26H32N6O4. The number of nitrogens with zero attached hydrogens (tertiary/aromatic N) is 4. The van der Waals surface area contributed by atoms with Crippen LogP contribution in [0.3, 0.4) is 0 Å². The molecule has 2 aromatic rings. The molecule has 10 heteroatoms. The highest BCUT2D eigenvalue weighted by molar-refractivity contribution is 5.95. The van der Waals surface area contributed by atoms with Gasteiger partial charge in [0.15, 0.2) is 5.96 Å². The molecular weight excluding hydrogens is 460 g/mol. The van der Waals surface area contributed by atoms with Gasteiger partial charge in [-0.15, -0.1) is 0 Å². The standard InChI is InChI=1S/C26H32N6O4/c27-26(28)29-21-8-4-20(5-9-21)25(35)36-22-10-6-19(7-11-22)24(34)32-16-14-30(15-17-32)18-23(33)31-12-2-1-3-13-31/h4-11H,1-3,12-18H2,(H4,27,28,29). The van der Waals surface area contributed by atoms with E-state index in [2.05, 4.69) is 9.89 Å². The number of carbonyl (C=O) groups excluding carboxylic acids is 3. The van der Waals surface area contributed by atoms with Gasteiger partial charge in [-0.3, -0.25) is 14.5 Å². The SMILES string of the molecule is NC(N)=Nc1ccc(C(=O)Oc2ccc(C(=O)N3CCN(CC(=O)N4CCCCC4)CC3)cc2)cc1. The van der Waals surface area contributed by atoms with Crippen LogP contribution in [0.2, 0.25) is 0 Å². The molecule has 2 saturated heterocycles. The van der Waals surface area contributed by atoms with E-state index in [9.17, 15) is 14.4 Å². The van der Waals surface area contributed by atoms with Crippen molar-refractivity contribution in [3.05, 3.63) is 59.7 Å². The lowest BCUT2D eigenvalue weighted by atomic mass is 10.1. The highest BCUT2D eigenvalue weighted by Gasteiger charge is 2.25. The van der Waals surface area contributed by atoms with Crippen LogP contribution < -0.4 is 16.2 Å². The number of hydrogen-bond donors (Lipinski definition) is 2. The number of ether oxygens (including phenoxy) is 1. The van der Waals surface area contributed by atoms with Gasteiger partial charge >= 0.3 is 5.97 Å². The first-order valence-electron chi connectivity index (χ1n) is 12.2. The number of nitrogens with two attached hydrogens (primary N) is 2. The second-order valence-electron chi connectivity index (χ2n) is 9.01. The summed E-state index contributed by atoms with van der Waals surface area (Å²) in [5, 5.41) is 0. The van der Waals surface area contributed by atoms with Gasteiger partial charge in [0, 0.05) is 44.8 Å². The molecule has 0 aliphatic carbocycles. The van der Waals surface area contributed by atoms with Gasteiger partial charge in [0.1, 0.15) is 5.75 Å². The predicted octanol–water partition coefficient (Wildman–Crippen LogP) is 1.58. The quantitative estimate of drug-likeness (QED) is 0.271. The summed E-state index contributed by atoms with van der Waals surface area (Å²) in [7, 11) is 0. The molecule has 2 aliphatic heterocycles. The Bertz CT molecular complexity index is 1100. The molecule has 36 heavy (non-hydrogen) atoms. The molecule has 0 saturated carbocycles. The van der Waals surface area contributed by atoms with Crippen molar-refractivity contribution < 1.29 is 19.1 Å². The average Bonchev–Trinajstić information content (AvgIpc) is 2.90. The fourth-order valence-electron chi connectivity index (χ4n) is 4.38. The number of amides is 2. The minimum Gasteiger partial charge on any atom is -0.423 e. The normalized spacial score (nSPS) is 16.3. The van der Waals surface area contributed by atoms with Crippen LogP contribution in [0, 0.1) is 0 Å². The smallest absolute Gasteiger partial charge is 0.343 e. The number of piperazine rings is 1. The number of esters is 1. The third-order valence-electron chi connectivity index (χ3n) is 6.40. The van der Waals surface area contributed by atoms with E-state index in [1.165, 1.54) is 6.42 Å². The summed E-state index contributed by atoms with van der Waals surface area (Å²) in [5.74, 6) is -0.147. The third-order valence-corrected chi connectivity index (χ3v) is 6.40. The second-order valence-corrected chi connectivity index (χ2v) is 9.01. The minimum absolute atomic E-state index is 0.0650. The van der Waals surface area contributed by atoms with Gasteiger partial charge in [0.2, 0.25) is 5.91 Å². The van der Waals surface area contributed by atoms with Crippen molar-refractivity contribution >= 4 is 29.4 Å². The van der Waals surface area contributed by atoms with Crippen molar-refractivity contribution in [2.45, 2.75) is 19.3 Å². The first-order valence-corrected chi connectivity index (χ1v) is 12.2. The van der Waals surface area contributed by atoms with Gasteiger partial charge in [-0.25, -0.2) is 9.79 Å². The lowest BCUT2D eigenvalue weighted by Crippen LogP contribution is -2.52. The first kappa shape index (κ1) is 25.2. The van der Waals surface area contributed by atoms with E-state index in [1.54, 1.807) is 53.4 Å². The van der Waals surface area contributed by atoms with Crippen molar-refractivity contribution in [3.63, 3.8) is 0 Å². The van der Waals surface area contributed by atoms with E-state index in [0.717, 1.165) is 25.9 Å². The molecule has 0 unspecified atom stereocenters. The molecule has 2 amide bonds. The van der Waals surface area contributed by atoms with Crippen molar-refractivity contribution in [2.75, 3.05) is 45.8 Å². The van der Waals surface area contributed by atoms with E-state index in [1.807, 2.05) is 4.90 Å². The summed E-state index contributed by atoms with van der Waals surface area (Å²) in [6, 6.07) is 12.9. The topological polar surface area (TPSA) is 135 Å². The lowest BCUT2D eigenvalue weighted by Gasteiger charge is -2.36. The van der Waals surface area contributed by atoms with Gasteiger partial charge in [0.25, 0.3) is 5.91 Å². The van der Waals surface area contributed by atoms with Crippen LogP contribution in [0.1, 0.15) is 40.0 Å². The molecule has 2 aromatic carbocycles. The Hall–Kier alpha value is -3.92. The molecule has 2 heterocycles. The molecule has 2 fully saturated rings. The number of piperidine rings is 1. The largest absolute Gasteiger partial charge is 0.423 e. The van der Waals surface area contributed by atoms with Crippen LogP contribution in [0.15, 0.2) is 53.5 Å². The van der Waals surface area contributed by atoms with Gasteiger partial charge in [-0.1, -0.05) is 0 Å². The molecule has 0 atom stereocenters. The second kappa shape index (κ2) is 11.7. The van der Waals surface area contributed by atoms with Crippen LogP contribution in [-0.2, 0) is 4.79 Å². The van der Waals surface area contributed by atoms with Crippen molar-refractivity contribution in [1.82, 2.24) is 14.7 Å². The number of guanidine groups is 1. The minimum atomic E-state index is -0.527. The Kier molecular flexibility index (Phi) is 8.17. The van der Waals surface area contributed by atoms with Crippen LogP contribution in [-0.4, -0.2) is 84.3 Å². The van der Waals surface area contributed by atoms with E-state index in [4.69, 9.17) is 16.2 Å². The number of aliphatic imine (C=N–C) groups is 1. The molecule has 0 aromatic heterocycles. The van der Waals surface area contributed by atoms with Gasteiger partial charge in [-0.2, -0.15) is 0 Å². The molecule has 190 valence electrons. The number of carbonyl (C=O) groups is 3. The van der Waals surface area contributed by atoms with Crippen LogP contribution in [0.4, 0.5) is 5.69 Å². The summed E-state index contributed by atoms with van der Waals surface area (Å²) < 4.78 is 5.41. The maximum atomic E-state index is 12.9. The van der Waals surface area contributed by atoms with Gasteiger partial charge < -0.3 is 26.0 Å². The van der Waals surface area contributed by atoms with Crippen molar-refractivity contribution in [3.8, 4) is 5.75 Å². The summed E-state index contributed by atoms with van der Waals surface area (Å²) in [5.41, 5.74) is 12.1. The Morgan fingerprint density at radius 1 is 0.750 bits per heavy atom. The molecule has 0 spiro atoms. The van der Waals surface area contributed by atoms with Crippen molar-refractivity contribution in [1.29, 1.82) is 0 Å². The third kappa shape index (κ3) is 6.60. The zero-order valence-corrected chi connectivity index (χ0v) is 20.3. The van der Waals surface area contributed by atoms with E-state index in [-0.39, 0.29) is 17.8 Å². The highest BCUT2D eigenvalue weighted by atomic mass is 16.5. The first-order chi connectivity index (χ1) is 17.4. The molecule has 4 rings (SSSR count). The number of hydrogen-bond acceptors (Lipinski definition) is 6. The molecule has 10 nitrogen and oxygen atoms in total. The Balaban J connectivity index is 1.26. The zero-order valence-electron chi connectivity index (χ0n) is 20.3. The number of rotatable bonds is 6. The average molecular weight is 493 g/mol. The lowest BCUT2D eigenvalue weighted by molar-refractivity contribution is -0.133. The summed E-state index contributed by atoms with van der Waals surface area (Å²) in [6.07, 6.45) is 3.36. The number of benzene rings is 2. The highest BCUT2D eigenvalue weighted by Crippen LogP contribution is 2.18. The Labute approximate surface area is 210 Å². The summed E-state index contributed by atoms with van der Waals surface area (Å²) in [4.78, 5) is 47.6. The van der Waals surface area contributed by atoms with Crippen LogP contribution in [0.5, 0.6) is 5.75 Å². The molecule has 0 bridgehead atoms. The van der Waals surface area contributed by atoms with Crippen molar-refractivity contribution in [2.24, 2.45) is 16.5 Å². The van der Waals surface area contributed by atoms with Gasteiger partial charge in [0.05, 0.1) is 17.8 Å². The Morgan fingerprint density at radius 2 is 1.36 bits per heavy atom. The van der Waals surface area contributed by atoms with Crippen LogP contribution >= 0.6 is 0 Å². The van der Waals surface area contributed by atoms with E-state index in [0.29, 0.717) is 55.3 Å². The summed E-state index contributed by atoms with van der Waals surface area (Å²) >= 11 is 0. The zero-order chi connectivity index (χ0) is 25.5. The fourth-order valence-corrected chi connectivity index (χ4v) is 4.38. The number of likely N-dealkylation sites (tertiary alicyclic amines) is 1. The Morgan fingerprint density at radius 3 is 1.97 bits per heavy atom. The van der Waals surface area contributed by atoms with E-state index < -0.39 is 5.97 Å². The fraction of sp³-hybridized carbons (Fsp3) is 0.385. The maximum Gasteiger partial charge on any atom is 0.343 e. The van der Waals surface area contributed by atoms with Gasteiger partial charge in [-0.05, 0) is 67.8 Å². The molecule has 2 aliphatic rings. The van der Waals surface area contributed by atoms with E-state index >= 15 is 0 Å². The maximum absolute atomic E-state index is 12.9. The monoisotopic (exact) mass is 492 g/mol. The van der Waals surface area contributed by atoms with Crippen LogP contribution in [0.25, 0.3) is 0 Å².